The maximum atomic E-state index is 13.5. The van der Waals surface area contributed by atoms with Crippen LogP contribution in [0.4, 0.5) is 39.5 Å². The van der Waals surface area contributed by atoms with E-state index in [1.165, 1.54) is 0 Å². The van der Waals surface area contributed by atoms with E-state index in [1.807, 2.05) is 0 Å². The fraction of sp³-hybridized carbons (Fsp3) is 0.192. The van der Waals surface area contributed by atoms with Gasteiger partial charge in [0.2, 0.25) is 0 Å². The molecule has 0 aliphatic rings. The Morgan fingerprint density at radius 2 is 1.45 bits per heavy atom. The van der Waals surface area contributed by atoms with E-state index in [0.717, 1.165) is 12.1 Å². The summed E-state index contributed by atoms with van der Waals surface area (Å²) < 4.78 is 126. The Balaban J connectivity index is 1.86. The van der Waals surface area contributed by atoms with Gasteiger partial charge < -0.3 is 9.84 Å². The Morgan fingerprint density at radius 1 is 0.800 bits per heavy atom. The molecule has 0 saturated carbocycles. The highest BCUT2D eigenvalue weighted by Gasteiger charge is 2.38. The highest BCUT2D eigenvalue weighted by molar-refractivity contribution is 6.30. The van der Waals surface area contributed by atoms with Gasteiger partial charge in [0.05, 0.1) is 29.0 Å². The van der Waals surface area contributed by atoms with Gasteiger partial charge in [0.15, 0.2) is 5.69 Å². The number of aromatic hydroxyl groups is 1. The first-order chi connectivity index (χ1) is 18.5. The molecule has 0 unspecified atom stereocenters. The number of phenolic OH excluding ortho intramolecular Hbond substituents is 1. The third-order valence-corrected chi connectivity index (χ3v) is 5.95. The van der Waals surface area contributed by atoms with Crippen LogP contribution in [-0.4, -0.2) is 21.9 Å². The molecule has 0 radical (unpaired) electrons. The summed E-state index contributed by atoms with van der Waals surface area (Å²) in [7, 11) is 0. The Kier molecular flexibility index (Phi) is 7.72. The number of hydrogen-bond donors (Lipinski definition) is 2. The molecule has 0 bridgehead atoms. The van der Waals surface area contributed by atoms with E-state index in [4.69, 9.17) is 16.3 Å². The molecule has 1 heterocycles. The first-order valence-electron chi connectivity index (χ1n) is 11.2. The van der Waals surface area contributed by atoms with Gasteiger partial charge in [0.25, 0.3) is 0 Å². The Morgan fingerprint density at radius 3 is 2.00 bits per heavy atom. The zero-order valence-corrected chi connectivity index (χ0v) is 20.5. The van der Waals surface area contributed by atoms with Crippen molar-refractivity contribution >= 4 is 11.6 Å². The number of H-pyrrole nitrogens is 1. The number of nitrogens with zero attached hydrogens (tertiary/aromatic N) is 1. The maximum Gasteiger partial charge on any atom is 0.435 e. The number of halogens is 10. The van der Waals surface area contributed by atoms with E-state index in [9.17, 15) is 44.6 Å². The van der Waals surface area contributed by atoms with Crippen molar-refractivity contribution in [3.05, 3.63) is 88.1 Å². The lowest BCUT2D eigenvalue weighted by Gasteiger charge is -2.19. The average molecular weight is 595 g/mol. The summed E-state index contributed by atoms with van der Waals surface area (Å²) in [5.74, 6) is -1.24. The van der Waals surface area contributed by atoms with Gasteiger partial charge in [-0.1, -0.05) is 23.7 Å². The monoisotopic (exact) mass is 594 g/mol. The van der Waals surface area contributed by atoms with Crippen LogP contribution in [0.1, 0.15) is 22.4 Å². The van der Waals surface area contributed by atoms with Crippen molar-refractivity contribution in [2.75, 3.05) is 6.61 Å². The minimum Gasteiger partial charge on any atom is -0.506 e. The Hall–Kier alpha value is -3.87. The van der Waals surface area contributed by atoms with Gasteiger partial charge in [0.1, 0.15) is 11.5 Å². The maximum absolute atomic E-state index is 13.5. The van der Waals surface area contributed by atoms with Gasteiger partial charge in [-0.05, 0) is 59.7 Å². The van der Waals surface area contributed by atoms with Crippen LogP contribution >= 0.6 is 11.6 Å². The molecule has 0 fully saturated rings. The largest absolute Gasteiger partial charge is 0.506 e. The zero-order valence-electron chi connectivity index (χ0n) is 19.8. The van der Waals surface area contributed by atoms with E-state index in [2.05, 4.69) is 10.2 Å². The highest BCUT2D eigenvalue weighted by atomic mass is 35.5. The molecular weight excluding hydrogens is 579 g/mol. The molecule has 4 rings (SSSR count). The predicted molar refractivity (Wildman–Crippen MR) is 127 cm³/mol. The number of rotatable bonds is 6. The molecule has 0 spiro atoms. The molecule has 3 aromatic carbocycles. The summed E-state index contributed by atoms with van der Waals surface area (Å²) in [6, 6.07) is 10.0. The van der Waals surface area contributed by atoms with E-state index >= 15 is 0 Å². The minimum atomic E-state index is -5.19. The van der Waals surface area contributed by atoms with Crippen molar-refractivity contribution in [1.29, 1.82) is 0 Å². The van der Waals surface area contributed by atoms with Crippen molar-refractivity contribution in [3.8, 4) is 33.9 Å². The van der Waals surface area contributed by atoms with E-state index < -0.39 is 52.2 Å². The fourth-order valence-electron chi connectivity index (χ4n) is 3.86. The molecule has 0 aliphatic carbocycles. The summed E-state index contributed by atoms with van der Waals surface area (Å²) in [4.78, 5) is 0. The fourth-order valence-corrected chi connectivity index (χ4v) is 4.08. The predicted octanol–water partition coefficient (Wildman–Crippen LogP) is 8.78. The smallest absolute Gasteiger partial charge is 0.435 e. The van der Waals surface area contributed by atoms with Crippen LogP contribution in [0.25, 0.3) is 22.4 Å². The number of phenols is 1. The molecule has 14 heteroatoms. The standard InChI is InChI=1S/C26H16ClF9N2O2/c27-17-3-1-2-13(8-17)6-7-40-20-5-4-18(19-12-21(38-37-19)26(34,35)36)23(39)22(20)14-9-15(24(28,29)30)11-16(10-14)25(31,32)33/h1-5,8-12,39H,6-7H2,(H,37,38). The van der Waals surface area contributed by atoms with E-state index in [-0.39, 0.29) is 36.1 Å². The summed E-state index contributed by atoms with van der Waals surface area (Å²) in [6.45, 7) is -0.139. The highest BCUT2D eigenvalue weighted by Crippen LogP contribution is 2.47. The van der Waals surface area contributed by atoms with Gasteiger partial charge in [-0.2, -0.15) is 44.6 Å². The first kappa shape index (κ1) is 29.1. The summed E-state index contributed by atoms with van der Waals surface area (Å²) in [5, 5.41) is 16.6. The average Bonchev–Trinajstić information content (AvgIpc) is 3.34. The number of benzene rings is 3. The minimum absolute atomic E-state index is 0.0887. The van der Waals surface area contributed by atoms with Crippen LogP contribution in [0.2, 0.25) is 5.02 Å². The molecular formula is C26H16ClF9N2O2. The molecule has 4 nitrogen and oxygen atoms in total. The Bertz CT molecular complexity index is 1490. The topological polar surface area (TPSA) is 58.1 Å². The van der Waals surface area contributed by atoms with Crippen molar-refractivity contribution in [2.45, 2.75) is 24.9 Å². The SMILES string of the molecule is Oc1c(-c2cc(C(F)(F)F)n[nH]2)ccc(OCCc2cccc(Cl)c2)c1-c1cc(C(F)(F)F)cc(C(F)(F)F)c1. The van der Waals surface area contributed by atoms with Crippen LogP contribution in [0.3, 0.4) is 0 Å². The molecule has 1 aromatic heterocycles. The summed E-state index contributed by atoms with van der Waals surface area (Å²) in [5.41, 5.74) is -6.06. The quantitative estimate of drug-likeness (QED) is 0.219. The lowest BCUT2D eigenvalue weighted by atomic mass is 9.95. The lowest BCUT2D eigenvalue weighted by molar-refractivity contribution is -0.143. The van der Waals surface area contributed by atoms with E-state index in [0.29, 0.717) is 28.8 Å². The molecule has 4 aromatic rings. The molecule has 0 amide bonds. The number of alkyl halides is 9. The number of aromatic nitrogens is 2. The van der Waals surface area contributed by atoms with Gasteiger partial charge in [-0.15, -0.1) is 0 Å². The van der Waals surface area contributed by atoms with Crippen molar-refractivity contribution in [2.24, 2.45) is 0 Å². The number of hydrogen-bond acceptors (Lipinski definition) is 3. The van der Waals surface area contributed by atoms with Crippen LogP contribution < -0.4 is 4.74 Å². The van der Waals surface area contributed by atoms with Crippen LogP contribution in [0.15, 0.2) is 60.7 Å². The molecule has 0 atom stereocenters. The van der Waals surface area contributed by atoms with Crippen LogP contribution in [0, 0.1) is 0 Å². The van der Waals surface area contributed by atoms with Gasteiger partial charge in [-0.3, -0.25) is 5.10 Å². The molecule has 2 N–H and O–H groups in total. The first-order valence-corrected chi connectivity index (χ1v) is 11.6. The molecule has 40 heavy (non-hydrogen) atoms. The number of aromatic amines is 1. The van der Waals surface area contributed by atoms with Crippen molar-refractivity contribution < 1.29 is 49.4 Å². The molecule has 212 valence electrons. The number of nitrogens with one attached hydrogen (secondary N) is 1. The molecule has 0 aliphatic heterocycles. The summed E-state index contributed by atoms with van der Waals surface area (Å²) >= 11 is 5.94. The van der Waals surface area contributed by atoms with Crippen LogP contribution in [-0.2, 0) is 24.9 Å². The van der Waals surface area contributed by atoms with Gasteiger partial charge in [0, 0.05) is 17.0 Å². The van der Waals surface area contributed by atoms with Crippen molar-refractivity contribution in [1.82, 2.24) is 10.2 Å². The second-order valence-corrected chi connectivity index (χ2v) is 8.96. The normalized spacial score (nSPS) is 12.6. The van der Waals surface area contributed by atoms with Gasteiger partial charge >= 0.3 is 18.5 Å². The Labute approximate surface area is 225 Å². The van der Waals surface area contributed by atoms with Crippen LogP contribution in [0.5, 0.6) is 11.5 Å². The van der Waals surface area contributed by atoms with Gasteiger partial charge in [-0.25, -0.2) is 0 Å². The third-order valence-electron chi connectivity index (χ3n) is 5.71. The second kappa shape index (κ2) is 10.6. The molecule has 0 saturated heterocycles. The zero-order chi connectivity index (χ0) is 29.5. The van der Waals surface area contributed by atoms with Crippen molar-refractivity contribution in [3.63, 3.8) is 0 Å². The number of ether oxygens (including phenoxy) is 1. The second-order valence-electron chi connectivity index (χ2n) is 8.52. The summed E-state index contributed by atoms with van der Waals surface area (Å²) in [6.07, 6.45) is -15.0. The lowest BCUT2D eigenvalue weighted by Crippen LogP contribution is -2.11. The third kappa shape index (κ3) is 6.46. The van der Waals surface area contributed by atoms with E-state index in [1.54, 1.807) is 24.3 Å².